The van der Waals surface area contributed by atoms with E-state index in [0.717, 1.165) is 10.7 Å². The molecule has 0 aliphatic rings. The Hall–Kier alpha value is -1.42. The molecule has 0 aliphatic heterocycles. The Kier molecular flexibility index (Phi) is 1.98. The Bertz CT molecular complexity index is 425. The van der Waals surface area contributed by atoms with Gasteiger partial charge in [0, 0.05) is 17.3 Å². The summed E-state index contributed by atoms with van der Waals surface area (Å²) in [5, 5.41) is 12.2. The highest BCUT2D eigenvalue weighted by Gasteiger charge is 2.07. The van der Waals surface area contributed by atoms with E-state index in [4.69, 9.17) is 0 Å². The van der Waals surface area contributed by atoms with Crippen LogP contribution in [0.2, 0.25) is 0 Å². The third-order valence-electron chi connectivity index (χ3n) is 1.61. The van der Waals surface area contributed by atoms with Gasteiger partial charge in [0.1, 0.15) is 16.5 Å². The van der Waals surface area contributed by atoms with Crippen molar-refractivity contribution in [1.82, 2.24) is 9.97 Å². The molecular weight excluding hydrogens is 184 g/mol. The molecule has 0 spiro atoms. The Balaban J connectivity index is 2.52. The summed E-state index contributed by atoms with van der Waals surface area (Å²) >= 11 is 1.48. The van der Waals surface area contributed by atoms with E-state index in [0.29, 0.717) is 5.69 Å². The van der Waals surface area contributed by atoms with Crippen LogP contribution in [0.15, 0.2) is 23.7 Å². The van der Waals surface area contributed by atoms with E-state index < -0.39 is 0 Å². The molecular formula is C9H8N2OS. The van der Waals surface area contributed by atoms with E-state index in [1.54, 1.807) is 18.3 Å². The average molecular weight is 192 g/mol. The number of pyridine rings is 1. The normalized spacial score (nSPS) is 10.2. The molecule has 0 bridgehead atoms. The van der Waals surface area contributed by atoms with E-state index in [1.165, 1.54) is 11.3 Å². The summed E-state index contributed by atoms with van der Waals surface area (Å²) < 4.78 is 0. The van der Waals surface area contributed by atoms with Crippen LogP contribution in [0.25, 0.3) is 10.7 Å². The number of hydrogen-bond donors (Lipinski definition) is 1. The number of hydrogen-bond acceptors (Lipinski definition) is 4. The van der Waals surface area contributed by atoms with Crippen LogP contribution in [0.1, 0.15) is 5.69 Å². The van der Waals surface area contributed by atoms with Crippen LogP contribution in [-0.4, -0.2) is 15.1 Å². The average Bonchev–Trinajstić information content (AvgIpc) is 2.53. The first kappa shape index (κ1) is 8.19. The van der Waals surface area contributed by atoms with Gasteiger partial charge in [-0.3, -0.25) is 0 Å². The fourth-order valence-electron chi connectivity index (χ4n) is 1.02. The van der Waals surface area contributed by atoms with E-state index in [9.17, 15) is 5.11 Å². The van der Waals surface area contributed by atoms with Crippen LogP contribution >= 0.6 is 11.3 Å². The second-order valence-electron chi connectivity index (χ2n) is 2.67. The standard InChI is InChI=1S/C9H8N2OS/c1-6-5-13-9(11-6)8-7(12)3-2-4-10-8/h2-5,12H,1H3. The highest BCUT2D eigenvalue weighted by molar-refractivity contribution is 7.13. The predicted molar refractivity (Wildman–Crippen MR) is 51.7 cm³/mol. The molecule has 0 amide bonds. The van der Waals surface area contributed by atoms with Crippen LogP contribution in [-0.2, 0) is 0 Å². The van der Waals surface area contributed by atoms with Crippen molar-refractivity contribution < 1.29 is 5.11 Å². The van der Waals surface area contributed by atoms with Crippen molar-refractivity contribution in [2.75, 3.05) is 0 Å². The SMILES string of the molecule is Cc1csc(-c2ncccc2O)n1. The molecule has 0 saturated carbocycles. The number of aromatic hydroxyl groups is 1. The van der Waals surface area contributed by atoms with Crippen molar-refractivity contribution in [3.05, 3.63) is 29.4 Å². The van der Waals surface area contributed by atoms with Gasteiger partial charge in [-0.2, -0.15) is 0 Å². The van der Waals surface area contributed by atoms with E-state index in [-0.39, 0.29) is 5.75 Å². The van der Waals surface area contributed by atoms with Gasteiger partial charge in [-0.05, 0) is 19.1 Å². The number of aromatic nitrogens is 2. The fraction of sp³-hybridized carbons (Fsp3) is 0.111. The number of rotatable bonds is 1. The highest BCUT2D eigenvalue weighted by atomic mass is 32.1. The molecule has 0 fully saturated rings. The third kappa shape index (κ3) is 1.53. The van der Waals surface area contributed by atoms with Crippen LogP contribution in [0.5, 0.6) is 5.75 Å². The highest BCUT2D eigenvalue weighted by Crippen LogP contribution is 2.28. The molecule has 1 N–H and O–H groups in total. The van der Waals surface area contributed by atoms with Gasteiger partial charge in [0.05, 0.1) is 0 Å². The molecule has 0 radical (unpaired) electrons. The molecule has 0 atom stereocenters. The van der Waals surface area contributed by atoms with Crippen LogP contribution in [0, 0.1) is 6.92 Å². The molecule has 13 heavy (non-hydrogen) atoms. The minimum atomic E-state index is 0.178. The molecule has 2 aromatic heterocycles. The van der Waals surface area contributed by atoms with Gasteiger partial charge in [-0.15, -0.1) is 11.3 Å². The summed E-state index contributed by atoms with van der Waals surface area (Å²) in [7, 11) is 0. The molecule has 2 rings (SSSR count). The van der Waals surface area contributed by atoms with Gasteiger partial charge < -0.3 is 5.11 Å². The summed E-state index contributed by atoms with van der Waals surface area (Å²) in [6.07, 6.45) is 1.64. The van der Waals surface area contributed by atoms with Gasteiger partial charge in [0.15, 0.2) is 0 Å². The molecule has 3 nitrogen and oxygen atoms in total. The lowest BCUT2D eigenvalue weighted by Crippen LogP contribution is -1.82. The zero-order valence-corrected chi connectivity index (χ0v) is 7.88. The quantitative estimate of drug-likeness (QED) is 0.753. The first-order valence-electron chi connectivity index (χ1n) is 3.84. The minimum absolute atomic E-state index is 0.178. The summed E-state index contributed by atoms with van der Waals surface area (Å²) in [5.74, 6) is 0.178. The minimum Gasteiger partial charge on any atom is -0.506 e. The Morgan fingerprint density at radius 2 is 2.31 bits per heavy atom. The maximum atomic E-state index is 9.48. The Morgan fingerprint density at radius 1 is 1.46 bits per heavy atom. The van der Waals surface area contributed by atoms with Crippen molar-refractivity contribution in [2.24, 2.45) is 0 Å². The zero-order chi connectivity index (χ0) is 9.26. The Morgan fingerprint density at radius 3 is 2.92 bits per heavy atom. The van der Waals surface area contributed by atoms with Gasteiger partial charge in [0.25, 0.3) is 0 Å². The predicted octanol–water partition coefficient (Wildman–Crippen LogP) is 2.22. The van der Waals surface area contributed by atoms with Gasteiger partial charge in [-0.25, -0.2) is 9.97 Å². The largest absolute Gasteiger partial charge is 0.506 e. The molecule has 2 heterocycles. The summed E-state index contributed by atoms with van der Waals surface area (Å²) in [6, 6.07) is 3.30. The first-order chi connectivity index (χ1) is 6.27. The zero-order valence-electron chi connectivity index (χ0n) is 7.06. The second kappa shape index (κ2) is 3.14. The molecule has 4 heteroatoms. The van der Waals surface area contributed by atoms with E-state index in [1.807, 2.05) is 12.3 Å². The van der Waals surface area contributed by atoms with E-state index in [2.05, 4.69) is 9.97 Å². The van der Waals surface area contributed by atoms with Crippen LogP contribution in [0.4, 0.5) is 0 Å². The van der Waals surface area contributed by atoms with Gasteiger partial charge in [-0.1, -0.05) is 0 Å². The second-order valence-corrected chi connectivity index (χ2v) is 3.52. The molecule has 66 valence electrons. The van der Waals surface area contributed by atoms with Crippen molar-refractivity contribution in [3.8, 4) is 16.5 Å². The van der Waals surface area contributed by atoms with Crippen LogP contribution in [0.3, 0.4) is 0 Å². The lowest BCUT2D eigenvalue weighted by atomic mass is 10.3. The smallest absolute Gasteiger partial charge is 0.145 e. The lowest BCUT2D eigenvalue weighted by molar-refractivity contribution is 0.475. The van der Waals surface area contributed by atoms with Crippen molar-refractivity contribution in [1.29, 1.82) is 0 Å². The summed E-state index contributed by atoms with van der Waals surface area (Å²) in [5.41, 5.74) is 1.51. The summed E-state index contributed by atoms with van der Waals surface area (Å²) in [6.45, 7) is 1.92. The fourth-order valence-corrected chi connectivity index (χ4v) is 1.82. The molecule has 2 aromatic rings. The van der Waals surface area contributed by atoms with Crippen LogP contribution < -0.4 is 0 Å². The number of nitrogens with zero attached hydrogens (tertiary/aromatic N) is 2. The van der Waals surface area contributed by atoms with Gasteiger partial charge >= 0.3 is 0 Å². The molecule has 0 unspecified atom stereocenters. The van der Waals surface area contributed by atoms with E-state index >= 15 is 0 Å². The lowest BCUT2D eigenvalue weighted by Gasteiger charge is -1.97. The van der Waals surface area contributed by atoms with Gasteiger partial charge in [0.2, 0.25) is 0 Å². The topological polar surface area (TPSA) is 46.0 Å². The maximum Gasteiger partial charge on any atom is 0.145 e. The maximum absolute atomic E-state index is 9.48. The molecule has 0 saturated heterocycles. The third-order valence-corrected chi connectivity index (χ3v) is 2.57. The Labute approximate surface area is 79.7 Å². The monoisotopic (exact) mass is 192 g/mol. The van der Waals surface area contributed by atoms with Crippen molar-refractivity contribution in [2.45, 2.75) is 6.92 Å². The number of aryl methyl sites for hydroxylation is 1. The summed E-state index contributed by atoms with van der Waals surface area (Å²) in [4.78, 5) is 8.30. The van der Waals surface area contributed by atoms with Crippen molar-refractivity contribution >= 4 is 11.3 Å². The molecule has 0 aliphatic carbocycles. The molecule has 0 aromatic carbocycles. The number of thiazole rings is 1. The first-order valence-corrected chi connectivity index (χ1v) is 4.72. The van der Waals surface area contributed by atoms with Crippen molar-refractivity contribution in [3.63, 3.8) is 0 Å².